The highest BCUT2D eigenvalue weighted by molar-refractivity contribution is 4.67. The Balaban J connectivity index is 2.03. The average molecular weight is 215 g/mol. The van der Waals surface area contributed by atoms with E-state index in [4.69, 9.17) is 9.84 Å². The first-order valence-corrected chi connectivity index (χ1v) is 6.13. The molecule has 3 heteroatoms. The van der Waals surface area contributed by atoms with Crippen LogP contribution in [0.5, 0.6) is 0 Å². The lowest BCUT2D eigenvalue weighted by Crippen LogP contribution is -2.30. The Morgan fingerprint density at radius 2 is 2.07 bits per heavy atom. The van der Waals surface area contributed by atoms with Crippen molar-refractivity contribution in [1.82, 2.24) is 4.90 Å². The molecule has 0 saturated carbocycles. The van der Waals surface area contributed by atoms with Crippen LogP contribution in [-0.2, 0) is 4.74 Å². The Bertz CT molecular complexity index is 156. The number of aliphatic hydroxyl groups is 1. The maximum atomic E-state index is 9.15. The zero-order valence-corrected chi connectivity index (χ0v) is 10.1. The van der Waals surface area contributed by atoms with Gasteiger partial charge in [0, 0.05) is 19.8 Å². The van der Waals surface area contributed by atoms with Gasteiger partial charge in [-0.2, -0.15) is 0 Å². The predicted molar refractivity (Wildman–Crippen MR) is 62.0 cm³/mol. The normalized spacial score (nSPS) is 20.8. The van der Waals surface area contributed by atoms with Crippen molar-refractivity contribution in [2.45, 2.75) is 38.7 Å². The van der Waals surface area contributed by atoms with Gasteiger partial charge in [-0.25, -0.2) is 0 Å². The molecular formula is C12H25NO2. The van der Waals surface area contributed by atoms with Crippen LogP contribution in [0.4, 0.5) is 0 Å². The van der Waals surface area contributed by atoms with Gasteiger partial charge in [0.1, 0.15) is 0 Å². The monoisotopic (exact) mass is 215 g/mol. The minimum absolute atomic E-state index is 0.151. The van der Waals surface area contributed by atoms with Crippen LogP contribution in [-0.4, -0.2) is 49.5 Å². The Morgan fingerprint density at radius 1 is 1.40 bits per heavy atom. The van der Waals surface area contributed by atoms with Gasteiger partial charge in [0.05, 0.1) is 6.10 Å². The predicted octanol–water partition coefficient (Wildman–Crippen LogP) is 1.51. The summed E-state index contributed by atoms with van der Waals surface area (Å²) in [4.78, 5) is 2.39. The topological polar surface area (TPSA) is 32.7 Å². The molecule has 1 saturated heterocycles. The Kier molecular flexibility index (Phi) is 6.22. The molecule has 3 nitrogen and oxygen atoms in total. The summed E-state index contributed by atoms with van der Waals surface area (Å²) in [6.45, 7) is 6.02. The number of hydrogen-bond acceptors (Lipinski definition) is 3. The summed E-state index contributed by atoms with van der Waals surface area (Å²) in [7, 11) is 2.18. The van der Waals surface area contributed by atoms with Gasteiger partial charge in [-0.1, -0.05) is 0 Å². The Hall–Kier alpha value is -0.120. The van der Waals surface area contributed by atoms with E-state index in [9.17, 15) is 0 Å². The minimum Gasteiger partial charge on any atom is -0.393 e. The highest BCUT2D eigenvalue weighted by Crippen LogP contribution is 2.15. The van der Waals surface area contributed by atoms with Crippen molar-refractivity contribution < 1.29 is 9.84 Å². The molecule has 0 aromatic carbocycles. The van der Waals surface area contributed by atoms with Gasteiger partial charge in [0.15, 0.2) is 0 Å². The highest BCUT2D eigenvalue weighted by Gasteiger charge is 2.15. The van der Waals surface area contributed by atoms with Crippen LogP contribution in [0.2, 0.25) is 0 Å². The van der Waals surface area contributed by atoms with Crippen molar-refractivity contribution in [1.29, 1.82) is 0 Å². The van der Waals surface area contributed by atoms with Crippen LogP contribution in [0.25, 0.3) is 0 Å². The largest absolute Gasteiger partial charge is 0.393 e. The standard InChI is InChI=1S/C12H25NO2/c1-11(14)4-3-7-13(2)10-12-5-8-15-9-6-12/h11-12,14H,3-10H2,1-2H3. The van der Waals surface area contributed by atoms with E-state index in [-0.39, 0.29) is 6.10 Å². The second-order valence-electron chi connectivity index (χ2n) is 4.81. The highest BCUT2D eigenvalue weighted by atomic mass is 16.5. The van der Waals surface area contributed by atoms with E-state index in [1.54, 1.807) is 0 Å². The van der Waals surface area contributed by atoms with E-state index in [1.807, 2.05) is 6.92 Å². The van der Waals surface area contributed by atoms with Gasteiger partial charge in [0.25, 0.3) is 0 Å². The summed E-state index contributed by atoms with van der Waals surface area (Å²) >= 11 is 0. The number of rotatable bonds is 6. The second-order valence-corrected chi connectivity index (χ2v) is 4.81. The fraction of sp³-hybridized carbons (Fsp3) is 1.00. The van der Waals surface area contributed by atoms with Crippen molar-refractivity contribution in [3.05, 3.63) is 0 Å². The molecule has 1 rings (SSSR count). The maximum absolute atomic E-state index is 9.15. The number of nitrogens with zero attached hydrogens (tertiary/aromatic N) is 1. The average Bonchev–Trinajstić information content (AvgIpc) is 2.18. The fourth-order valence-electron chi connectivity index (χ4n) is 2.12. The summed E-state index contributed by atoms with van der Waals surface area (Å²) in [5.41, 5.74) is 0. The van der Waals surface area contributed by atoms with Gasteiger partial charge >= 0.3 is 0 Å². The maximum Gasteiger partial charge on any atom is 0.0512 e. The second kappa shape index (κ2) is 7.20. The van der Waals surface area contributed by atoms with Crippen LogP contribution in [0.15, 0.2) is 0 Å². The molecule has 1 aliphatic rings. The molecular weight excluding hydrogens is 190 g/mol. The summed E-state index contributed by atoms with van der Waals surface area (Å²) in [5, 5.41) is 9.15. The lowest BCUT2D eigenvalue weighted by molar-refractivity contribution is 0.0552. The molecule has 0 aromatic rings. The van der Waals surface area contributed by atoms with Crippen molar-refractivity contribution >= 4 is 0 Å². The van der Waals surface area contributed by atoms with E-state index >= 15 is 0 Å². The van der Waals surface area contributed by atoms with Crippen LogP contribution in [0.3, 0.4) is 0 Å². The first-order valence-electron chi connectivity index (χ1n) is 6.13. The molecule has 0 radical (unpaired) electrons. The van der Waals surface area contributed by atoms with Crippen LogP contribution in [0, 0.1) is 5.92 Å². The molecule has 0 aromatic heterocycles. The third-order valence-electron chi connectivity index (χ3n) is 3.07. The van der Waals surface area contributed by atoms with Gasteiger partial charge in [-0.15, -0.1) is 0 Å². The third kappa shape index (κ3) is 6.13. The van der Waals surface area contributed by atoms with E-state index in [2.05, 4.69) is 11.9 Å². The van der Waals surface area contributed by atoms with E-state index in [1.165, 1.54) is 19.4 Å². The quantitative estimate of drug-likeness (QED) is 0.729. The summed E-state index contributed by atoms with van der Waals surface area (Å²) in [6.07, 6.45) is 4.28. The smallest absolute Gasteiger partial charge is 0.0512 e. The minimum atomic E-state index is -0.151. The first-order chi connectivity index (χ1) is 7.18. The Labute approximate surface area is 93.4 Å². The third-order valence-corrected chi connectivity index (χ3v) is 3.07. The van der Waals surface area contributed by atoms with Crippen molar-refractivity contribution in [2.24, 2.45) is 5.92 Å². The van der Waals surface area contributed by atoms with E-state index < -0.39 is 0 Å². The molecule has 0 aliphatic carbocycles. The summed E-state index contributed by atoms with van der Waals surface area (Å²) in [6, 6.07) is 0. The van der Waals surface area contributed by atoms with Crippen LogP contribution >= 0.6 is 0 Å². The van der Waals surface area contributed by atoms with Gasteiger partial charge in [0.2, 0.25) is 0 Å². The zero-order chi connectivity index (χ0) is 11.1. The lowest BCUT2D eigenvalue weighted by atomic mass is 10.00. The number of hydrogen-bond donors (Lipinski definition) is 1. The fourth-order valence-corrected chi connectivity index (χ4v) is 2.12. The Morgan fingerprint density at radius 3 is 2.67 bits per heavy atom. The molecule has 0 bridgehead atoms. The molecule has 1 atom stereocenters. The summed E-state index contributed by atoms with van der Waals surface area (Å²) < 4.78 is 5.34. The molecule has 1 aliphatic heterocycles. The molecule has 1 unspecified atom stereocenters. The molecule has 15 heavy (non-hydrogen) atoms. The van der Waals surface area contributed by atoms with E-state index in [0.717, 1.165) is 38.5 Å². The molecule has 90 valence electrons. The van der Waals surface area contributed by atoms with Crippen molar-refractivity contribution in [3.8, 4) is 0 Å². The SMILES string of the molecule is CC(O)CCCN(C)CC1CCOCC1. The molecule has 1 N–H and O–H groups in total. The number of aliphatic hydroxyl groups excluding tert-OH is 1. The zero-order valence-electron chi connectivity index (χ0n) is 10.1. The molecule has 1 heterocycles. The van der Waals surface area contributed by atoms with Crippen molar-refractivity contribution in [2.75, 3.05) is 33.4 Å². The van der Waals surface area contributed by atoms with Gasteiger partial charge in [-0.05, 0) is 52.1 Å². The van der Waals surface area contributed by atoms with Crippen LogP contribution in [0.1, 0.15) is 32.6 Å². The molecule has 0 spiro atoms. The summed E-state index contributed by atoms with van der Waals surface area (Å²) in [5.74, 6) is 0.815. The molecule has 1 fully saturated rings. The lowest BCUT2D eigenvalue weighted by Gasteiger charge is -2.27. The van der Waals surface area contributed by atoms with E-state index in [0.29, 0.717) is 0 Å². The first kappa shape index (κ1) is 12.9. The van der Waals surface area contributed by atoms with Crippen LogP contribution < -0.4 is 0 Å². The van der Waals surface area contributed by atoms with Crippen molar-refractivity contribution in [3.63, 3.8) is 0 Å². The number of ether oxygens (including phenoxy) is 1. The van der Waals surface area contributed by atoms with Gasteiger partial charge in [-0.3, -0.25) is 0 Å². The molecule has 0 amide bonds. The van der Waals surface area contributed by atoms with Gasteiger partial charge < -0.3 is 14.7 Å².